The molecule has 0 aromatic heterocycles. The lowest BCUT2D eigenvalue weighted by molar-refractivity contribution is -0.145. The molecule has 2 unspecified atom stereocenters. The number of carboxylic acids is 1. The van der Waals surface area contributed by atoms with Gasteiger partial charge in [0.2, 0.25) is 0 Å². The van der Waals surface area contributed by atoms with E-state index in [-0.39, 0.29) is 5.92 Å². The van der Waals surface area contributed by atoms with Crippen LogP contribution in [0.1, 0.15) is 23.5 Å². The zero-order chi connectivity index (χ0) is 11.2. The van der Waals surface area contributed by atoms with Crippen LogP contribution in [0, 0.1) is 5.41 Å². The number of hydrogen-bond donors (Lipinski definition) is 1. The van der Waals surface area contributed by atoms with Gasteiger partial charge in [-0.2, -0.15) is 0 Å². The third-order valence-electron chi connectivity index (χ3n) is 3.70. The van der Waals surface area contributed by atoms with Gasteiger partial charge in [0.1, 0.15) is 5.41 Å². The molecular weight excluding hydrogens is 202 g/mol. The predicted molar refractivity (Wildman–Crippen MR) is 60.9 cm³/mol. The fourth-order valence-corrected chi connectivity index (χ4v) is 2.89. The van der Waals surface area contributed by atoms with Crippen LogP contribution < -0.4 is 0 Å². The first kappa shape index (κ1) is 9.58. The van der Waals surface area contributed by atoms with E-state index in [0.29, 0.717) is 12.8 Å². The molecule has 0 fully saturated rings. The monoisotopic (exact) mass is 215 g/mol. The maximum atomic E-state index is 11.4. The summed E-state index contributed by atoms with van der Waals surface area (Å²) < 4.78 is 0. The fraction of sp³-hybridized carbons (Fsp3) is 0.385. The van der Waals surface area contributed by atoms with E-state index < -0.39 is 11.4 Å². The summed E-state index contributed by atoms with van der Waals surface area (Å²) in [7, 11) is 0. The summed E-state index contributed by atoms with van der Waals surface area (Å²) in [6.45, 7) is 0.728. The molecule has 2 bridgehead atoms. The van der Waals surface area contributed by atoms with E-state index in [0.717, 1.165) is 6.54 Å². The number of aliphatic carboxylic acids is 1. The number of aliphatic imine (C=N–C) groups is 1. The van der Waals surface area contributed by atoms with Gasteiger partial charge in [0.25, 0.3) is 0 Å². The number of hydrogen-bond acceptors (Lipinski definition) is 2. The van der Waals surface area contributed by atoms with E-state index >= 15 is 0 Å². The Morgan fingerprint density at radius 3 is 3.06 bits per heavy atom. The Morgan fingerprint density at radius 2 is 2.25 bits per heavy atom. The molecule has 16 heavy (non-hydrogen) atoms. The van der Waals surface area contributed by atoms with Crippen molar-refractivity contribution in [2.45, 2.75) is 18.8 Å². The van der Waals surface area contributed by atoms with E-state index in [4.69, 9.17) is 0 Å². The van der Waals surface area contributed by atoms with E-state index in [1.54, 1.807) is 6.21 Å². The maximum absolute atomic E-state index is 11.4. The highest BCUT2D eigenvalue weighted by Crippen LogP contribution is 2.44. The number of carboxylic acid groups (broad SMARTS) is 1. The van der Waals surface area contributed by atoms with E-state index in [1.807, 2.05) is 18.2 Å². The smallest absolute Gasteiger partial charge is 0.315 e. The van der Waals surface area contributed by atoms with Crippen molar-refractivity contribution in [2.75, 3.05) is 6.54 Å². The molecule has 2 aliphatic rings. The number of nitrogens with zero attached hydrogens (tertiary/aromatic N) is 1. The summed E-state index contributed by atoms with van der Waals surface area (Å²) in [4.78, 5) is 15.7. The van der Waals surface area contributed by atoms with Gasteiger partial charge >= 0.3 is 5.97 Å². The van der Waals surface area contributed by atoms with Crippen molar-refractivity contribution >= 4 is 12.2 Å². The van der Waals surface area contributed by atoms with E-state index in [9.17, 15) is 9.90 Å². The van der Waals surface area contributed by atoms with Gasteiger partial charge in [-0.15, -0.1) is 0 Å². The van der Waals surface area contributed by atoms with Gasteiger partial charge < -0.3 is 5.11 Å². The molecular formula is C13H13NO2. The van der Waals surface area contributed by atoms with Crippen LogP contribution in [0.25, 0.3) is 0 Å². The lowest BCUT2D eigenvalue weighted by atomic mass is 9.66. The van der Waals surface area contributed by atoms with Crippen LogP contribution in [0.3, 0.4) is 0 Å². The van der Waals surface area contributed by atoms with Crippen molar-refractivity contribution < 1.29 is 9.90 Å². The Labute approximate surface area is 93.8 Å². The Kier molecular flexibility index (Phi) is 1.90. The van der Waals surface area contributed by atoms with Crippen LogP contribution in [-0.2, 0) is 11.2 Å². The quantitative estimate of drug-likeness (QED) is 0.777. The molecule has 0 amide bonds. The molecule has 1 N–H and O–H groups in total. The molecule has 3 heteroatoms. The molecule has 0 saturated carbocycles. The minimum Gasteiger partial charge on any atom is -0.481 e. The molecule has 1 aliphatic heterocycles. The van der Waals surface area contributed by atoms with Crippen molar-refractivity contribution in [1.29, 1.82) is 0 Å². The zero-order valence-corrected chi connectivity index (χ0v) is 8.89. The Bertz CT molecular complexity index is 481. The summed E-state index contributed by atoms with van der Waals surface area (Å²) in [5, 5.41) is 9.37. The first-order valence-electron chi connectivity index (χ1n) is 5.53. The molecule has 1 heterocycles. The number of benzene rings is 1. The first-order valence-corrected chi connectivity index (χ1v) is 5.53. The van der Waals surface area contributed by atoms with Crippen molar-refractivity contribution in [3.63, 3.8) is 0 Å². The van der Waals surface area contributed by atoms with Crippen LogP contribution in [0.4, 0.5) is 0 Å². The van der Waals surface area contributed by atoms with Crippen molar-refractivity contribution in [1.82, 2.24) is 0 Å². The highest BCUT2D eigenvalue weighted by Gasteiger charge is 2.45. The van der Waals surface area contributed by atoms with Crippen molar-refractivity contribution in [3.05, 3.63) is 35.4 Å². The largest absolute Gasteiger partial charge is 0.481 e. The number of rotatable bonds is 1. The summed E-state index contributed by atoms with van der Waals surface area (Å²) in [5.74, 6) is -0.457. The molecule has 0 saturated heterocycles. The predicted octanol–water partition coefficient (Wildman–Crippen LogP) is 1.87. The van der Waals surface area contributed by atoms with Gasteiger partial charge in [-0.3, -0.25) is 9.79 Å². The molecule has 3 nitrogen and oxygen atoms in total. The maximum Gasteiger partial charge on any atom is 0.315 e. The molecule has 1 aromatic carbocycles. The van der Waals surface area contributed by atoms with E-state index in [1.165, 1.54) is 11.1 Å². The molecule has 82 valence electrons. The molecule has 1 aromatic rings. The van der Waals surface area contributed by atoms with Crippen molar-refractivity contribution in [3.8, 4) is 0 Å². The average Bonchev–Trinajstić information content (AvgIpc) is 2.29. The van der Waals surface area contributed by atoms with Gasteiger partial charge in [-0.1, -0.05) is 24.3 Å². The van der Waals surface area contributed by atoms with Crippen LogP contribution in [0.5, 0.6) is 0 Å². The highest BCUT2D eigenvalue weighted by atomic mass is 16.4. The second-order valence-corrected chi connectivity index (χ2v) is 4.73. The normalized spacial score (nSPS) is 30.9. The fourth-order valence-electron chi connectivity index (χ4n) is 2.89. The zero-order valence-electron chi connectivity index (χ0n) is 8.89. The number of fused-ring (bicyclic) bond motifs is 4. The molecule has 1 aliphatic carbocycles. The Hall–Kier alpha value is -1.64. The topological polar surface area (TPSA) is 49.7 Å². The second-order valence-electron chi connectivity index (χ2n) is 4.73. The molecule has 3 rings (SSSR count). The van der Waals surface area contributed by atoms with Gasteiger partial charge in [0.05, 0.1) is 0 Å². The van der Waals surface area contributed by atoms with Crippen molar-refractivity contribution in [2.24, 2.45) is 10.4 Å². The Balaban J connectivity index is 2.13. The highest BCUT2D eigenvalue weighted by molar-refractivity contribution is 5.95. The molecule has 2 atom stereocenters. The van der Waals surface area contributed by atoms with Gasteiger partial charge in [-0.25, -0.2) is 0 Å². The SMILES string of the molecule is O=C(O)C12C=NCC(C1)c1ccccc1C2. The minimum absolute atomic E-state index is 0.283. The average molecular weight is 215 g/mol. The standard InChI is InChI=1S/C13H13NO2/c15-12(16)13-5-9-3-1-2-4-11(9)10(6-13)7-14-8-13/h1-4,8,10H,5-7H2,(H,15,16). The summed E-state index contributed by atoms with van der Waals surface area (Å²) in [5.41, 5.74) is 1.71. The van der Waals surface area contributed by atoms with Crippen LogP contribution in [-0.4, -0.2) is 23.8 Å². The first-order chi connectivity index (χ1) is 7.71. The van der Waals surface area contributed by atoms with Gasteiger partial charge in [0.15, 0.2) is 0 Å². The lowest BCUT2D eigenvalue weighted by Gasteiger charge is -2.38. The minimum atomic E-state index is -0.753. The Morgan fingerprint density at radius 1 is 1.44 bits per heavy atom. The molecule has 0 radical (unpaired) electrons. The summed E-state index contributed by atoms with van der Waals surface area (Å²) >= 11 is 0. The number of carbonyl (C=O) groups is 1. The third kappa shape index (κ3) is 1.21. The van der Waals surface area contributed by atoms with Crippen LogP contribution >= 0.6 is 0 Å². The van der Waals surface area contributed by atoms with Gasteiger partial charge in [-0.05, 0) is 24.0 Å². The lowest BCUT2D eigenvalue weighted by Crippen LogP contribution is -2.43. The van der Waals surface area contributed by atoms with E-state index in [2.05, 4.69) is 11.1 Å². The molecule has 0 spiro atoms. The third-order valence-corrected chi connectivity index (χ3v) is 3.70. The second kappa shape index (κ2) is 3.17. The van der Waals surface area contributed by atoms with Gasteiger partial charge in [0, 0.05) is 18.7 Å². The summed E-state index contributed by atoms with van der Waals surface area (Å²) in [6, 6.07) is 8.14. The summed E-state index contributed by atoms with van der Waals surface area (Å²) in [6.07, 6.45) is 2.93. The van der Waals surface area contributed by atoms with Crippen LogP contribution in [0.2, 0.25) is 0 Å². The van der Waals surface area contributed by atoms with Crippen LogP contribution in [0.15, 0.2) is 29.3 Å².